The van der Waals surface area contributed by atoms with Crippen molar-refractivity contribution < 1.29 is 9.59 Å². The third-order valence-corrected chi connectivity index (χ3v) is 3.80. The number of carbonyl (C=O) groups excluding carboxylic acids is 2. The van der Waals surface area contributed by atoms with Crippen LogP contribution < -0.4 is 10.6 Å². The van der Waals surface area contributed by atoms with Crippen LogP contribution in [0.25, 0.3) is 0 Å². The maximum atomic E-state index is 11.7. The zero-order valence-electron chi connectivity index (χ0n) is 12.6. The molecule has 0 aliphatic heterocycles. The normalized spacial score (nSPS) is 10.1. The van der Waals surface area contributed by atoms with Crippen LogP contribution in [0, 0.1) is 0 Å². The Morgan fingerprint density at radius 1 is 0.826 bits per heavy atom. The number of hydrogen-bond acceptors (Lipinski definition) is 5. The molecule has 0 saturated carbocycles. The van der Waals surface area contributed by atoms with Crippen LogP contribution in [0.4, 0.5) is 11.6 Å². The van der Waals surface area contributed by atoms with Crippen molar-refractivity contribution in [2.75, 3.05) is 22.1 Å². The molecule has 7 heteroatoms. The molecule has 0 radical (unpaired) electrons. The molecule has 0 unspecified atom stereocenters. The number of rotatable bonds is 8. The molecule has 0 bridgehead atoms. The van der Waals surface area contributed by atoms with Crippen molar-refractivity contribution in [3.8, 4) is 0 Å². The van der Waals surface area contributed by atoms with Crippen LogP contribution in [-0.4, -0.2) is 33.3 Å². The van der Waals surface area contributed by atoms with E-state index < -0.39 is 0 Å². The highest BCUT2D eigenvalue weighted by Gasteiger charge is 2.05. The minimum atomic E-state index is -0.0749. The minimum absolute atomic E-state index is 0.0749. The Hall–Kier alpha value is -2.41. The van der Waals surface area contributed by atoms with Crippen molar-refractivity contribution in [3.05, 3.63) is 48.8 Å². The largest absolute Gasteiger partial charge is 0.311 e. The first-order valence-electron chi connectivity index (χ1n) is 7.23. The van der Waals surface area contributed by atoms with Crippen LogP contribution in [0.2, 0.25) is 0 Å². The fourth-order valence-corrected chi connectivity index (χ4v) is 2.58. The first-order chi connectivity index (χ1) is 11.2. The molecule has 0 atom stereocenters. The van der Waals surface area contributed by atoms with E-state index in [0.29, 0.717) is 36.0 Å². The van der Waals surface area contributed by atoms with E-state index in [1.807, 2.05) is 12.1 Å². The standard InChI is InChI=1S/C16H18N4O2S/c21-15(19-13-5-1-3-9-17-13)7-11-23-12-8-16(22)20-14-6-2-4-10-18-14/h1-6,9-10H,7-8,11-12H2,(H,17,19,21)(H,18,20,22). The average molecular weight is 330 g/mol. The molecule has 2 aromatic rings. The number of pyridine rings is 2. The number of aromatic nitrogens is 2. The minimum Gasteiger partial charge on any atom is -0.311 e. The van der Waals surface area contributed by atoms with Crippen LogP contribution >= 0.6 is 11.8 Å². The number of nitrogens with zero attached hydrogens (tertiary/aromatic N) is 2. The Bertz CT molecular complexity index is 567. The van der Waals surface area contributed by atoms with Gasteiger partial charge in [-0.15, -0.1) is 0 Å². The number of carbonyl (C=O) groups is 2. The summed E-state index contributed by atoms with van der Waals surface area (Å²) < 4.78 is 0. The topological polar surface area (TPSA) is 84.0 Å². The first-order valence-corrected chi connectivity index (χ1v) is 8.39. The van der Waals surface area contributed by atoms with E-state index in [0.717, 1.165) is 0 Å². The number of hydrogen-bond donors (Lipinski definition) is 2. The summed E-state index contributed by atoms with van der Waals surface area (Å²) in [5, 5.41) is 5.45. The van der Waals surface area contributed by atoms with E-state index in [2.05, 4.69) is 20.6 Å². The van der Waals surface area contributed by atoms with Crippen molar-refractivity contribution in [2.45, 2.75) is 12.8 Å². The lowest BCUT2D eigenvalue weighted by atomic mass is 10.4. The van der Waals surface area contributed by atoms with Gasteiger partial charge in [0.15, 0.2) is 0 Å². The summed E-state index contributed by atoms with van der Waals surface area (Å²) in [4.78, 5) is 31.5. The predicted octanol–water partition coefficient (Wildman–Crippen LogP) is 2.57. The molecule has 2 amide bonds. The molecule has 0 aromatic carbocycles. The zero-order valence-corrected chi connectivity index (χ0v) is 13.4. The van der Waals surface area contributed by atoms with Crippen LogP contribution in [0.5, 0.6) is 0 Å². The van der Waals surface area contributed by atoms with Gasteiger partial charge in [0.1, 0.15) is 11.6 Å². The second-order valence-corrected chi connectivity index (χ2v) is 5.86. The lowest BCUT2D eigenvalue weighted by molar-refractivity contribution is -0.116. The molecule has 6 nitrogen and oxygen atoms in total. The SMILES string of the molecule is O=C(CCSCCC(=O)Nc1ccccn1)Nc1ccccn1. The third kappa shape index (κ3) is 6.92. The zero-order chi connectivity index (χ0) is 16.3. The van der Waals surface area contributed by atoms with E-state index in [9.17, 15) is 9.59 Å². The highest BCUT2D eigenvalue weighted by molar-refractivity contribution is 7.99. The molecular formula is C16H18N4O2S. The molecular weight excluding hydrogens is 312 g/mol. The van der Waals surface area contributed by atoms with E-state index >= 15 is 0 Å². The van der Waals surface area contributed by atoms with Gasteiger partial charge in [0.2, 0.25) is 11.8 Å². The maximum absolute atomic E-state index is 11.7. The van der Waals surface area contributed by atoms with E-state index in [-0.39, 0.29) is 11.8 Å². The first kappa shape index (κ1) is 17.0. The van der Waals surface area contributed by atoms with Gasteiger partial charge in [0, 0.05) is 36.7 Å². The molecule has 2 heterocycles. The Balaban J connectivity index is 1.55. The van der Waals surface area contributed by atoms with E-state index in [1.165, 1.54) is 0 Å². The van der Waals surface area contributed by atoms with Crippen molar-refractivity contribution in [2.24, 2.45) is 0 Å². The van der Waals surface area contributed by atoms with Gasteiger partial charge in [0.05, 0.1) is 0 Å². The Labute approximate surface area is 139 Å². The monoisotopic (exact) mass is 330 g/mol. The summed E-state index contributed by atoms with van der Waals surface area (Å²) in [6.45, 7) is 0. The quantitative estimate of drug-likeness (QED) is 0.727. The molecule has 0 aliphatic carbocycles. The van der Waals surface area contributed by atoms with Gasteiger partial charge in [-0.2, -0.15) is 11.8 Å². The number of amides is 2. The summed E-state index contributed by atoms with van der Waals surface area (Å²) >= 11 is 1.57. The number of thioether (sulfide) groups is 1. The summed E-state index contributed by atoms with van der Waals surface area (Å²) in [6.07, 6.45) is 4.04. The molecule has 120 valence electrons. The van der Waals surface area contributed by atoms with Crippen LogP contribution in [0.15, 0.2) is 48.8 Å². The lowest BCUT2D eigenvalue weighted by Crippen LogP contribution is -2.14. The summed E-state index contributed by atoms with van der Waals surface area (Å²) in [7, 11) is 0. The smallest absolute Gasteiger partial charge is 0.226 e. The van der Waals surface area contributed by atoms with Gasteiger partial charge in [-0.3, -0.25) is 9.59 Å². The van der Waals surface area contributed by atoms with Gasteiger partial charge >= 0.3 is 0 Å². The van der Waals surface area contributed by atoms with Gasteiger partial charge in [-0.05, 0) is 24.3 Å². The average Bonchev–Trinajstić information content (AvgIpc) is 2.56. The molecule has 2 rings (SSSR count). The Morgan fingerprint density at radius 2 is 1.30 bits per heavy atom. The van der Waals surface area contributed by atoms with Crippen molar-refractivity contribution >= 4 is 35.2 Å². The highest BCUT2D eigenvalue weighted by atomic mass is 32.2. The van der Waals surface area contributed by atoms with Crippen LogP contribution in [0.3, 0.4) is 0 Å². The predicted molar refractivity (Wildman–Crippen MR) is 92.3 cm³/mol. The molecule has 2 aromatic heterocycles. The second kappa shape index (κ2) is 9.58. The number of nitrogens with one attached hydrogen (secondary N) is 2. The number of anilines is 2. The van der Waals surface area contributed by atoms with E-state index in [4.69, 9.17) is 0 Å². The Morgan fingerprint density at radius 3 is 1.70 bits per heavy atom. The van der Waals surface area contributed by atoms with Gasteiger partial charge in [-0.1, -0.05) is 12.1 Å². The van der Waals surface area contributed by atoms with Crippen LogP contribution in [0.1, 0.15) is 12.8 Å². The van der Waals surface area contributed by atoms with E-state index in [1.54, 1.807) is 48.4 Å². The van der Waals surface area contributed by atoms with Crippen molar-refractivity contribution in [1.82, 2.24) is 9.97 Å². The fraction of sp³-hybridized carbons (Fsp3) is 0.250. The summed E-state index contributed by atoms with van der Waals surface area (Å²) in [6, 6.07) is 10.7. The summed E-state index contributed by atoms with van der Waals surface area (Å²) in [5.41, 5.74) is 0. The Kier molecular flexibility index (Phi) is 7.06. The van der Waals surface area contributed by atoms with Crippen LogP contribution in [-0.2, 0) is 9.59 Å². The molecule has 23 heavy (non-hydrogen) atoms. The van der Waals surface area contributed by atoms with Gasteiger partial charge in [0.25, 0.3) is 0 Å². The maximum Gasteiger partial charge on any atom is 0.226 e. The highest BCUT2D eigenvalue weighted by Crippen LogP contribution is 2.08. The third-order valence-electron chi connectivity index (χ3n) is 2.81. The molecule has 0 aliphatic rings. The fourth-order valence-electron chi connectivity index (χ4n) is 1.72. The molecule has 0 fully saturated rings. The summed E-state index contributed by atoms with van der Waals surface area (Å²) in [5.74, 6) is 2.28. The second-order valence-electron chi connectivity index (χ2n) is 4.64. The lowest BCUT2D eigenvalue weighted by Gasteiger charge is -2.05. The van der Waals surface area contributed by atoms with Gasteiger partial charge in [-0.25, -0.2) is 9.97 Å². The molecule has 0 spiro atoms. The van der Waals surface area contributed by atoms with Crippen molar-refractivity contribution in [3.63, 3.8) is 0 Å². The van der Waals surface area contributed by atoms with Crippen molar-refractivity contribution in [1.29, 1.82) is 0 Å². The molecule has 2 N–H and O–H groups in total. The van der Waals surface area contributed by atoms with Gasteiger partial charge < -0.3 is 10.6 Å². The molecule has 0 saturated heterocycles.